The van der Waals surface area contributed by atoms with Crippen molar-refractivity contribution < 1.29 is 19.1 Å². The summed E-state index contributed by atoms with van der Waals surface area (Å²) >= 11 is 0. The zero-order valence-electron chi connectivity index (χ0n) is 13.1. The maximum Gasteiger partial charge on any atom is 0.360 e. The van der Waals surface area contributed by atoms with E-state index in [1.807, 2.05) is 36.2 Å². The summed E-state index contributed by atoms with van der Waals surface area (Å²) in [6, 6.07) is 10.4. The van der Waals surface area contributed by atoms with E-state index in [9.17, 15) is 10.1 Å². The van der Waals surface area contributed by atoms with Crippen molar-refractivity contribution in [3.63, 3.8) is 0 Å². The minimum Gasteiger partial charge on any atom is -0.493 e. The molecule has 0 amide bonds. The van der Waals surface area contributed by atoms with Crippen LogP contribution in [0.4, 0.5) is 11.4 Å². The fourth-order valence-corrected chi connectivity index (χ4v) is 2.92. The molecule has 0 unspecified atom stereocenters. The van der Waals surface area contributed by atoms with E-state index in [4.69, 9.17) is 14.2 Å². The van der Waals surface area contributed by atoms with Crippen molar-refractivity contribution in [1.29, 1.82) is 0 Å². The van der Waals surface area contributed by atoms with Crippen LogP contribution in [-0.2, 0) is 0 Å². The number of benzene rings is 2. The van der Waals surface area contributed by atoms with Crippen molar-refractivity contribution in [2.75, 3.05) is 19.1 Å². The van der Waals surface area contributed by atoms with E-state index in [0.717, 1.165) is 5.69 Å². The minimum atomic E-state index is -1.14. The van der Waals surface area contributed by atoms with Crippen molar-refractivity contribution in [2.45, 2.75) is 5.91 Å². The molecule has 4 rings (SSSR count). The van der Waals surface area contributed by atoms with E-state index in [2.05, 4.69) is 0 Å². The van der Waals surface area contributed by atoms with Gasteiger partial charge in [0.1, 0.15) is 5.75 Å². The molecular weight excluding hydrogens is 312 g/mol. The van der Waals surface area contributed by atoms with Gasteiger partial charge in [-0.15, -0.1) is 0 Å². The molecule has 7 heteroatoms. The highest BCUT2D eigenvalue weighted by molar-refractivity contribution is 5.72. The Kier molecular flexibility index (Phi) is 2.93. The summed E-state index contributed by atoms with van der Waals surface area (Å²) in [4.78, 5) is 12.5. The first kappa shape index (κ1) is 14.4. The van der Waals surface area contributed by atoms with Gasteiger partial charge in [-0.2, -0.15) is 0 Å². The molecule has 0 bridgehead atoms. The van der Waals surface area contributed by atoms with Gasteiger partial charge >= 0.3 is 5.91 Å². The molecule has 2 aliphatic rings. The van der Waals surface area contributed by atoms with E-state index in [-0.39, 0.29) is 11.4 Å². The second-order valence-electron chi connectivity index (χ2n) is 5.52. The number of rotatable bonds is 2. The van der Waals surface area contributed by atoms with Gasteiger partial charge in [0.25, 0.3) is 5.69 Å². The molecule has 0 fully saturated rings. The Balaban J connectivity index is 1.80. The third-order valence-corrected chi connectivity index (χ3v) is 4.17. The number of likely N-dealkylation sites (N-methyl/N-ethyl adjacent to an activating group) is 1. The highest BCUT2D eigenvalue weighted by Crippen LogP contribution is 2.48. The van der Waals surface area contributed by atoms with E-state index in [1.165, 1.54) is 19.2 Å². The molecule has 24 heavy (non-hydrogen) atoms. The molecule has 0 saturated carbocycles. The molecule has 122 valence electrons. The van der Waals surface area contributed by atoms with Crippen LogP contribution < -0.4 is 19.1 Å². The van der Waals surface area contributed by atoms with Gasteiger partial charge < -0.3 is 14.2 Å². The Bertz CT molecular complexity index is 879. The Labute approximate surface area is 137 Å². The van der Waals surface area contributed by atoms with Gasteiger partial charge in [-0.1, -0.05) is 12.1 Å². The first-order valence-corrected chi connectivity index (χ1v) is 7.30. The van der Waals surface area contributed by atoms with E-state index in [1.54, 1.807) is 12.2 Å². The predicted molar refractivity (Wildman–Crippen MR) is 87.5 cm³/mol. The molecule has 1 atom stereocenters. The van der Waals surface area contributed by atoms with Crippen LogP contribution in [-0.4, -0.2) is 25.0 Å². The van der Waals surface area contributed by atoms with Gasteiger partial charge in [0.05, 0.1) is 23.8 Å². The third kappa shape index (κ3) is 1.91. The van der Waals surface area contributed by atoms with E-state index < -0.39 is 10.8 Å². The Morgan fingerprint density at radius 3 is 2.75 bits per heavy atom. The first-order valence-electron chi connectivity index (χ1n) is 7.30. The van der Waals surface area contributed by atoms with Crippen molar-refractivity contribution in [1.82, 2.24) is 0 Å². The van der Waals surface area contributed by atoms with Gasteiger partial charge in [0, 0.05) is 24.8 Å². The SMILES string of the molecule is COc1cc([N+](=O)[O-])cc2c1O[C@@]1(C=C2)Oc2ccccc2N1C. The lowest BCUT2D eigenvalue weighted by molar-refractivity contribution is -0.385. The number of ether oxygens (including phenoxy) is 3. The van der Waals surface area contributed by atoms with Gasteiger partial charge in [-0.25, -0.2) is 0 Å². The number of nitrogens with zero attached hydrogens (tertiary/aromatic N) is 2. The summed E-state index contributed by atoms with van der Waals surface area (Å²) in [5.74, 6) is 0.259. The highest BCUT2D eigenvalue weighted by Gasteiger charge is 2.47. The summed E-state index contributed by atoms with van der Waals surface area (Å²) in [6.07, 6.45) is 3.48. The molecule has 2 heterocycles. The molecule has 0 N–H and O–H groups in total. The van der Waals surface area contributed by atoms with Crippen molar-refractivity contribution >= 4 is 17.5 Å². The summed E-state index contributed by atoms with van der Waals surface area (Å²) in [5.41, 5.74) is 1.41. The predicted octanol–water partition coefficient (Wildman–Crippen LogP) is 3.19. The number of anilines is 1. The van der Waals surface area contributed by atoms with Crippen molar-refractivity contribution in [3.8, 4) is 17.2 Å². The molecule has 7 nitrogen and oxygen atoms in total. The fraction of sp³-hybridized carbons (Fsp3) is 0.176. The lowest BCUT2D eigenvalue weighted by Gasteiger charge is -2.35. The molecule has 0 radical (unpaired) electrons. The van der Waals surface area contributed by atoms with E-state index >= 15 is 0 Å². The average Bonchev–Trinajstić information content (AvgIpc) is 2.86. The van der Waals surface area contributed by atoms with E-state index in [0.29, 0.717) is 17.1 Å². The molecule has 2 aromatic carbocycles. The third-order valence-electron chi connectivity index (χ3n) is 4.17. The number of hydrogen-bond acceptors (Lipinski definition) is 6. The van der Waals surface area contributed by atoms with Crippen LogP contribution >= 0.6 is 0 Å². The van der Waals surface area contributed by atoms with Crippen molar-refractivity contribution in [2.24, 2.45) is 0 Å². The number of nitro benzene ring substituents is 1. The number of methoxy groups -OCH3 is 1. The topological polar surface area (TPSA) is 74.1 Å². The lowest BCUT2D eigenvalue weighted by Crippen LogP contribution is -2.52. The molecule has 0 aromatic heterocycles. The summed E-state index contributed by atoms with van der Waals surface area (Å²) in [5, 5.41) is 11.1. The van der Waals surface area contributed by atoms with Crippen LogP contribution in [0.25, 0.3) is 6.08 Å². The number of nitro groups is 1. The van der Waals surface area contributed by atoms with Crippen LogP contribution in [0.3, 0.4) is 0 Å². The second-order valence-corrected chi connectivity index (χ2v) is 5.52. The van der Waals surface area contributed by atoms with Crippen LogP contribution in [0.2, 0.25) is 0 Å². The van der Waals surface area contributed by atoms with Crippen LogP contribution in [0, 0.1) is 10.1 Å². The summed E-state index contributed by atoms with van der Waals surface area (Å²) in [7, 11) is 3.31. The highest BCUT2D eigenvalue weighted by atomic mass is 16.7. The fourth-order valence-electron chi connectivity index (χ4n) is 2.92. The Hall–Kier alpha value is -3.22. The maximum atomic E-state index is 11.1. The Morgan fingerprint density at radius 1 is 1.25 bits per heavy atom. The molecule has 1 spiro atoms. The molecule has 2 aliphatic heterocycles. The second kappa shape index (κ2) is 4.89. The first-order chi connectivity index (χ1) is 11.5. The van der Waals surface area contributed by atoms with Gasteiger partial charge in [-0.05, 0) is 18.2 Å². The van der Waals surface area contributed by atoms with Gasteiger partial charge in [0.15, 0.2) is 11.5 Å². The number of hydrogen-bond donors (Lipinski definition) is 0. The molecule has 0 aliphatic carbocycles. The van der Waals surface area contributed by atoms with Crippen LogP contribution in [0.15, 0.2) is 42.5 Å². The standard InChI is InChI=1S/C17H14N2O5/c1-18-13-5-3-4-6-14(13)23-17(18)8-7-11-9-12(19(20)21)10-15(22-2)16(11)24-17/h3-10H,1-2H3/t17-/m1/s1. The summed E-state index contributed by atoms with van der Waals surface area (Å²) < 4.78 is 17.4. The smallest absolute Gasteiger partial charge is 0.360 e. The normalized spacial score (nSPS) is 20.2. The van der Waals surface area contributed by atoms with Gasteiger partial charge in [-0.3, -0.25) is 15.0 Å². The average molecular weight is 326 g/mol. The number of para-hydroxylation sites is 2. The number of fused-ring (bicyclic) bond motifs is 2. The monoisotopic (exact) mass is 326 g/mol. The molecular formula is C17H14N2O5. The van der Waals surface area contributed by atoms with Crippen LogP contribution in [0.1, 0.15) is 5.56 Å². The lowest BCUT2D eigenvalue weighted by atomic mass is 10.1. The summed E-state index contributed by atoms with van der Waals surface area (Å²) in [6.45, 7) is 0. The largest absolute Gasteiger partial charge is 0.493 e. The minimum absolute atomic E-state index is 0.0567. The quantitative estimate of drug-likeness (QED) is 0.623. The number of non-ortho nitro benzene ring substituents is 1. The maximum absolute atomic E-state index is 11.1. The van der Waals surface area contributed by atoms with Crippen LogP contribution in [0.5, 0.6) is 17.2 Å². The Morgan fingerprint density at radius 2 is 2.04 bits per heavy atom. The molecule has 2 aromatic rings. The van der Waals surface area contributed by atoms with Crippen molar-refractivity contribution in [3.05, 3.63) is 58.2 Å². The molecule has 0 saturated heterocycles. The zero-order chi connectivity index (χ0) is 16.9. The zero-order valence-corrected chi connectivity index (χ0v) is 13.1. The van der Waals surface area contributed by atoms with Gasteiger partial charge in [0.2, 0.25) is 0 Å².